The van der Waals surface area contributed by atoms with Gasteiger partial charge in [-0.1, -0.05) is 19.3 Å². The number of hydrogen-bond donors (Lipinski definition) is 1. The zero-order valence-electron chi connectivity index (χ0n) is 11.7. The normalized spacial score (nSPS) is 21.2. The largest absolute Gasteiger partial charge is 0.496 e. The Balaban J connectivity index is 2.07. The van der Waals surface area contributed by atoms with Gasteiger partial charge in [0, 0.05) is 17.5 Å². The first-order valence-electron chi connectivity index (χ1n) is 7.27. The van der Waals surface area contributed by atoms with Gasteiger partial charge in [0.05, 0.1) is 20.3 Å². The Morgan fingerprint density at radius 3 is 2.47 bits per heavy atom. The molecule has 0 radical (unpaired) electrons. The summed E-state index contributed by atoms with van der Waals surface area (Å²) < 4.78 is 11.2. The van der Waals surface area contributed by atoms with E-state index < -0.39 is 0 Å². The van der Waals surface area contributed by atoms with Crippen molar-refractivity contribution in [3.05, 3.63) is 28.8 Å². The molecular weight excluding hydrogens is 238 g/mol. The first-order chi connectivity index (χ1) is 9.29. The third-order valence-electron chi connectivity index (χ3n) is 4.81. The van der Waals surface area contributed by atoms with E-state index in [0.717, 1.165) is 12.4 Å². The number of nitrogens with two attached hydrogens (primary N) is 1. The smallest absolute Gasteiger partial charge is 0.123 e. The van der Waals surface area contributed by atoms with E-state index >= 15 is 0 Å². The predicted octanol–water partition coefficient (Wildman–Crippen LogP) is 2.89. The van der Waals surface area contributed by atoms with Crippen molar-refractivity contribution < 1.29 is 9.47 Å². The fourth-order valence-corrected chi connectivity index (χ4v) is 3.60. The summed E-state index contributed by atoms with van der Waals surface area (Å²) in [5, 5.41) is 0. The maximum Gasteiger partial charge on any atom is 0.123 e. The Bertz CT molecular complexity index is 464. The van der Waals surface area contributed by atoms with Crippen LogP contribution in [-0.4, -0.2) is 13.7 Å². The lowest BCUT2D eigenvalue weighted by Crippen LogP contribution is -2.37. The van der Waals surface area contributed by atoms with E-state index in [0.29, 0.717) is 13.2 Å². The van der Waals surface area contributed by atoms with Crippen molar-refractivity contribution in [3.8, 4) is 5.75 Å². The van der Waals surface area contributed by atoms with Gasteiger partial charge in [-0.2, -0.15) is 0 Å². The van der Waals surface area contributed by atoms with Gasteiger partial charge in [0.25, 0.3) is 0 Å². The Labute approximate surface area is 115 Å². The Kier molecular flexibility index (Phi) is 3.50. The molecule has 1 heterocycles. The van der Waals surface area contributed by atoms with Crippen LogP contribution in [0.4, 0.5) is 0 Å². The topological polar surface area (TPSA) is 44.5 Å². The Morgan fingerprint density at radius 1 is 1.16 bits per heavy atom. The molecule has 2 aliphatic rings. The number of rotatable bonds is 3. The van der Waals surface area contributed by atoms with Crippen molar-refractivity contribution in [1.82, 2.24) is 0 Å². The van der Waals surface area contributed by atoms with Crippen LogP contribution in [0.1, 0.15) is 48.8 Å². The Morgan fingerprint density at radius 2 is 1.84 bits per heavy atom. The molecule has 1 aromatic carbocycles. The highest BCUT2D eigenvalue weighted by Gasteiger charge is 2.36. The van der Waals surface area contributed by atoms with E-state index in [4.69, 9.17) is 15.2 Å². The number of methoxy groups -OCH3 is 1. The zero-order chi connectivity index (χ0) is 13.3. The minimum atomic E-state index is 0.112. The van der Waals surface area contributed by atoms with Crippen LogP contribution >= 0.6 is 0 Å². The molecule has 3 rings (SSSR count). The molecular formula is C16H23NO2. The summed E-state index contributed by atoms with van der Waals surface area (Å²) in [7, 11) is 1.76. The summed E-state index contributed by atoms with van der Waals surface area (Å²) in [6.45, 7) is 2.15. The van der Waals surface area contributed by atoms with Gasteiger partial charge in [-0.3, -0.25) is 0 Å². The first-order valence-corrected chi connectivity index (χ1v) is 7.27. The van der Waals surface area contributed by atoms with Gasteiger partial charge in [0.1, 0.15) is 5.75 Å². The highest BCUT2D eigenvalue weighted by atomic mass is 16.5. The summed E-state index contributed by atoms with van der Waals surface area (Å²) in [4.78, 5) is 0. The van der Waals surface area contributed by atoms with Crippen LogP contribution < -0.4 is 10.5 Å². The lowest BCUT2D eigenvalue weighted by molar-refractivity contribution is 0.134. The van der Waals surface area contributed by atoms with E-state index in [9.17, 15) is 0 Å². The van der Waals surface area contributed by atoms with Crippen LogP contribution in [0.3, 0.4) is 0 Å². The first kappa shape index (κ1) is 12.9. The average molecular weight is 261 g/mol. The maximum absolute atomic E-state index is 6.15. The van der Waals surface area contributed by atoms with Gasteiger partial charge >= 0.3 is 0 Å². The standard InChI is InChI=1S/C16H23NO2/c1-18-15-8-13-10-19-9-12(13)7-14(15)16(11-17)5-3-2-4-6-16/h7-8H,2-6,9-11,17H2,1H3. The maximum atomic E-state index is 6.15. The molecule has 0 bridgehead atoms. The number of hydrogen-bond acceptors (Lipinski definition) is 3. The van der Waals surface area contributed by atoms with Crippen molar-refractivity contribution >= 4 is 0 Å². The number of benzene rings is 1. The lowest BCUT2D eigenvalue weighted by atomic mass is 9.68. The van der Waals surface area contributed by atoms with Crippen molar-refractivity contribution in [2.24, 2.45) is 5.73 Å². The fourth-order valence-electron chi connectivity index (χ4n) is 3.60. The quantitative estimate of drug-likeness (QED) is 0.910. The third kappa shape index (κ3) is 2.15. The van der Waals surface area contributed by atoms with Crippen molar-refractivity contribution in [2.75, 3.05) is 13.7 Å². The zero-order valence-corrected chi connectivity index (χ0v) is 11.7. The highest BCUT2D eigenvalue weighted by molar-refractivity contribution is 5.48. The van der Waals surface area contributed by atoms with Crippen LogP contribution in [-0.2, 0) is 23.4 Å². The molecule has 0 saturated heterocycles. The minimum absolute atomic E-state index is 0.112. The highest BCUT2D eigenvalue weighted by Crippen LogP contribution is 2.44. The molecule has 1 aliphatic heterocycles. The molecule has 0 unspecified atom stereocenters. The SMILES string of the molecule is COc1cc2c(cc1C1(CN)CCCCC1)COC2. The van der Waals surface area contributed by atoms with Crippen LogP contribution in [0.15, 0.2) is 12.1 Å². The van der Waals surface area contributed by atoms with E-state index in [1.807, 2.05) is 0 Å². The molecule has 3 heteroatoms. The number of fused-ring (bicyclic) bond motifs is 1. The molecule has 0 aromatic heterocycles. The summed E-state index contributed by atoms with van der Waals surface area (Å²) in [6.07, 6.45) is 6.24. The molecule has 1 fully saturated rings. The second-order valence-electron chi connectivity index (χ2n) is 5.86. The van der Waals surface area contributed by atoms with E-state index in [1.54, 1.807) is 7.11 Å². The van der Waals surface area contributed by atoms with E-state index in [-0.39, 0.29) is 5.41 Å². The molecule has 1 aromatic rings. The van der Waals surface area contributed by atoms with Crippen LogP contribution in [0, 0.1) is 0 Å². The van der Waals surface area contributed by atoms with Gasteiger partial charge < -0.3 is 15.2 Å². The molecule has 0 atom stereocenters. The lowest BCUT2D eigenvalue weighted by Gasteiger charge is -2.38. The fraction of sp³-hybridized carbons (Fsp3) is 0.625. The van der Waals surface area contributed by atoms with Gasteiger partial charge in [-0.15, -0.1) is 0 Å². The summed E-state index contributed by atoms with van der Waals surface area (Å²) >= 11 is 0. The monoisotopic (exact) mass is 261 g/mol. The third-order valence-corrected chi connectivity index (χ3v) is 4.81. The second kappa shape index (κ2) is 5.14. The van der Waals surface area contributed by atoms with Crippen LogP contribution in [0.25, 0.3) is 0 Å². The summed E-state index contributed by atoms with van der Waals surface area (Å²) in [5.74, 6) is 0.997. The molecule has 1 aliphatic carbocycles. The van der Waals surface area contributed by atoms with Crippen LogP contribution in [0.5, 0.6) is 5.75 Å². The molecule has 3 nitrogen and oxygen atoms in total. The van der Waals surface area contributed by atoms with Crippen molar-refractivity contribution in [3.63, 3.8) is 0 Å². The second-order valence-corrected chi connectivity index (χ2v) is 5.86. The van der Waals surface area contributed by atoms with E-state index in [1.165, 1.54) is 48.8 Å². The minimum Gasteiger partial charge on any atom is -0.496 e. The molecule has 0 spiro atoms. The molecule has 19 heavy (non-hydrogen) atoms. The summed E-state index contributed by atoms with van der Waals surface area (Å²) in [6, 6.07) is 4.45. The summed E-state index contributed by atoms with van der Waals surface area (Å²) in [5.41, 5.74) is 10.2. The van der Waals surface area contributed by atoms with Crippen molar-refractivity contribution in [2.45, 2.75) is 50.7 Å². The molecule has 1 saturated carbocycles. The molecule has 104 valence electrons. The molecule has 0 amide bonds. The molecule has 2 N–H and O–H groups in total. The van der Waals surface area contributed by atoms with Gasteiger partial charge in [-0.05, 0) is 36.1 Å². The average Bonchev–Trinajstić information content (AvgIpc) is 2.93. The predicted molar refractivity (Wildman–Crippen MR) is 75.3 cm³/mol. The Hall–Kier alpha value is -1.06. The van der Waals surface area contributed by atoms with Gasteiger partial charge in [-0.25, -0.2) is 0 Å². The van der Waals surface area contributed by atoms with E-state index in [2.05, 4.69) is 12.1 Å². The van der Waals surface area contributed by atoms with Gasteiger partial charge in [0.2, 0.25) is 0 Å². The van der Waals surface area contributed by atoms with Crippen LogP contribution in [0.2, 0.25) is 0 Å². The van der Waals surface area contributed by atoms with Gasteiger partial charge in [0.15, 0.2) is 0 Å². The van der Waals surface area contributed by atoms with Crippen molar-refractivity contribution in [1.29, 1.82) is 0 Å². The number of ether oxygens (including phenoxy) is 2.